The molecule has 2 aromatic rings. The molecule has 1 aromatic heterocycles. The first kappa shape index (κ1) is 21.2. The third-order valence-corrected chi connectivity index (χ3v) is 8.07. The molecule has 1 fully saturated rings. The Bertz CT molecular complexity index is 892. The molecule has 4 rings (SSSR count). The van der Waals surface area contributed by atoms with Crippen molar-refractivity contribution in [3.8, 4) is 0 Å². The number of carbonyl (C=O) groups excluding carboxylic acids is 1. The van der Waals surface area contributed by atoms with Crippen molar-refractivity contribution in [2.45, 2.75) is 51.1 Å². The molecule has 0 bridgehead atoms. The largest absolute Gasteiger partial charge is 0.616 e. The van der Waals surface area contributed by atoms with E-state index in [-0.39, 0.29) is 17.2 Å². The molecule has 1 aliphatic carbocycles. The first-order valence-corrected chi connectivity index (χ1v) is 12.2. The van der Waals surface area contributed by atoms with Crippen molar-refractivity contribution in [2.24, 2.45) is 5.92 Å². The molecule has 2 aliphatic rings. The average molecular weight is 426 g/mol. The Labute approximate surface area is 182 Å². The topological polar surface area (TPSA) is 68.3 Å². The number of benzene rings is 1. The highest BCUT2D eigenvalue weighted by Gasteiger charge is 2.39. The summed E-state index contributed by atoms with van der Waals surface area (Å²) in [5, 5.41) is 3.67. The van der Waals surface area contributed by atoms with E-state index >= 15 is 0 Å². The van der Waals surface area contributed by atoms with Gasteiger partial charge in [0.1, 0.15) is 11.5 Å². The minimum absolute atomic E-state index is 0.000120. The maximum Gasteiger partial charge on any atom is 0.226 e. The van der Waals surface area contributed by atoms with Crippen molar-refractivity contribution in [2.75, 3.05) is 23.9 Å². The Hall–Kier alpha value is -2.05. The van der Waals surface area contributed by atoms with Crippen LogP contribution in [-0.4, -0.2) is 44.9 Å². The molecule has 1 aromatic carbocycles. The molecule has 160 valence electrons. The summed E-state index contributed by atoms with van der Waals surface area (Å²) in [4.78, 5) is 19.0. The zero-order valence-electron chi connectivity index (χ0n) is 18.1. The number of pyridine rings is 1. The summed E-state index contributed by atoms with van der Waals surface area (Å²) in [6, 6.07) is 13.1. The van der Waals surface area contributed by atoms with E-state index in [0.29, 0.717) is 24.1 Å². The van der Waals surface area contributed by atoms with E-state index in [2.05, 4.69) is 54.5 Å². The molecular weight excluding hydrogens is 394 g/mol. The van der Waals surface area contributed by atoms with Gasteiger partial charge in [0, 0.05) is 37.3 Å². The van der Waals surface area contributed by atoms with Crippen LogP contribution in [0.15, 0.2) is 42.6 Å². The fraction of sp³-hybridized carbons (Fsp3) is 0.500. The lowest BCUT2D eigenvalue weighted by Crippen LogP contribution is -2.37. The van der Waals surface area contributed by atoms with Crippen LogP contribution in [0.4, 0.5) is 5.69 Å². The van der Waals surface area contributed by atoms with Crippen LogP contribution in [0.25, 0.3) is 0 Å². The van der Waals surface area contributed by atoms with E-state index in [1.54, 1.807) is 4.90 Å². The highest BCUT2D eigenvalue weighted by Crippen LogP contribution is 2.39. The van der Waals surface area contributed by atoms with E-state index < -0.39 is 11.2 Å². The van der Waals surface area contributed by atoms with E-state index in [1.165, 1.54) is 11.1 Å². The van der Waals surface area contributed by atoms with Crippen LogP contribution >= 0.6 is 0 Å². The van der Waals surface area contributed by atoms with Gasteiger partial charge in [-0.1, -0.05) is 49.3 Å². The van der Waals surface area contributed by atoms with Crippen LogP contribution in [-0.2, 0) is 34.4 Å². The smallest absolute Gasteiger partial charge is 0.226 e. The third-order valence-electron chi connectivity index (χ3n) is 6.68. The highest BCUT2D eigenvalue weighted by molar-refractivity contribution is 7.91. The first-order chi connectivity index (χ1) is 14.3. The average Bonchev–Trinajstić information content (AvgIpc) is 2.99. The summed E-state index contributed by atoms with van der Waals surface area (Å²) < 4.78 is 11.5. The lowest BCUT2D eigenvalue weighted by atomic mass is 9.83. The quantitative estimate of drug-likeness (QED) is 0.745. The lowest BCUT2D eigenvalue weighted by Gasteiger charge is -2.30. The SMILES string of the molecule is CN(Cc1ccc(NC2Cc3ccccc3C2(C)C)cn1)C(=O)C1CC[S+]([O-])CC1. The fourth-order valence-corrected chi connectivity index (χ4v) is 6.00. The number of anilines is 1. The predicted octanol–water partition coefficient (Wildman–Crippen LogP) is 3.51. The normalized spacial score (nSPS) is 24.9. The summed E-state index contributed by atoms with van der Waals surface area (Å²) in [6.45, 7) is 5.08. The standard InChI is InChI=1S/C24H31N3O2S/c1-24(2)21-7-5-4-6-18(21)14-22(24)26-19-8-9-20(25-15-19)16-27(3)23(28)17-10-12-30(29)13-11-17/h4-9,15,17,22,26H,10-14,16H2,1-3H3. The molecule has 0 spiro atoms. The molecule has 0 saturated carbocycles. The Morgan fingerprint density at radius 3 is 2.63 bits per heavy atom. The van der Waals surface area contributed by atoms with Gasteiger partial charge in [0.2, 0.25) is 5.91 Å². The number of hydrogen-bond donors (Lipinski definition) is 1. The van der Waals surface area contributed by atoms with Crippen molar-refractivity contribution >= 4 is 22.8 Å². The zero-order valence-corrected chi connectivity index (χ0v) is 18.9. The summed E-state index contributed by atoms with van der Waals surface area (Å²) in [5.41, 5.74) is 4.78. The predicted molar refractivity (Wildman–Crippen MR) is 122 cm³/mol. The van der Waals surface area contributed by atoms with Crippen molar-refractivity contribution in [1.29, 1.82) is 0 Å². The van der Waals surface area contributed by atoms with Crippen LogP contribution in [0.3, 0.4) is 0 Å². The van der Waals surface area contributed by atoms with E-state index in [9.17, 15) is 9.35 Å². The maximum atomic E-state index is 12.7. The number of carbonyl (C=O) groups is 1. The van der Waals surface area contributed by atoms with Gasteiger partial charge in [-0.2, -0.15) is 0 Å². The van der Waals surface area contributed by atoms with Gasteiger partial charge < -0.3 is 14.8 Å². The van der Waals surface area contributed by atoms with Crippen molar-refractivity contribution in [3.05, 3.63) is 59.4 Å². The van der Waals surface area contributed by atoms with E-state index in [1.807, 2.05) is 19.3 Å². The fourth-order valence-electron chi connectivity index (χ4n) is 4.70. The second-order valence-corrected chi connectivity index (χ2v) is 10.8. The molecule has 1 aliphatic heterocycles. The molecule has 5 nitrogen and oxygen atoms in total. The number of fused-ring (bicyclic) bond motifs is 1. The summed E-state index contributed by atoms with van der Waals surface area (Å²) in [5.74, 6) is 1.43. The van der Waals surface area contributed by atoms with Gasteiger partial charge in [-0.15, -0.1) is 0 Å². The van der Waals surface area contributed by atoms with E-state index in [0.717, 1.165) is 30.6 Å². The van der Waals surface area contributed by atoms with Gasteiger partial charge in [-0.25, -0.2) is 0 Å². The van der Waals surface area contributed by atoms with Crippen molar-refractivity contribution in [1.82, 2.24) is 9.88 Å². The van der Waals surface area contributed by atoms with Crippen LogP contribution in [0.5, 0.6) is 0 Å². The number of amides is 1. The highest BCUT2D eigenvalue weighted by atomic mass is 32.2. The van der Waals surface area contributed by atoms with Gasteiger partial charge in [0.05, 0.1) is 24.1 Å². The second kappa shape index (κ2) is 8.60. The maximum absolute atomic E-state index is 12.7. The molecule has 1 amide bonds. The summed E-state index contributed by atoms with van der Waals surface area (Å²) in [7, 11) is 1.83. The van der Waals surface area contributed by atoms with Gasteiger partial charge in [-0.3, -0.25) is 9.78 Å². The van der Waals surface area contributed by atoms with Crippen molar-refractivity contribution < 1.29 is 9.35 Å². The Morgan fingerprint density at radius 1 is 1.23 bits per heavy atom. The Morgan fingerprint density at radius 2 is 1.97 bits per heavy atom. The molecular formula is C24H31N3O2S. The first-order valence-electron chi connectivity index (χ1n) is 10.7. The van der Waals surface area contributed by atoms with Gasteiger partial charge in [-0.05, 0) is 29.7 Å². The van der Waals surface area contributed by atoms with Gasteiger partial charge >= 0.3 is 0 Å². The molecule has 1 atom stereocenters. The van der Waals surface area contributed by atoms with Gasteiger partial charge in [0.25, 0.3) is 0 Å². The molecule has 1 unspecified atom stereocenters. The zero-order chi connectivity index (χ0) is 21.3. The molecule has 6 heteroatoms. The number of rotatable bonds is 5. The molecule has 30 heavy (non-hydrogen) atoms. The van der Waals surface area contributed by atoms with E-state index in [4.69, 9.17) is 0 Å². The minimum Gasteiger partial charge on any atom is -0.616 e. The van der Waals surface area contributed by atoms with Crippen LogP contribution in [0.2, 0.25) is 0 Å². The molecule has 1 N–H and O–H groups in total. The summed E-state index contributed by atoms with van der Waals surface area (Å²) in [6.07, 6.45) is 4.34. The van der Waals surface area contributed by atoms with Crippen LogP contribution < -0.4 is 5.32 Å². The number of nitrogens with zero attached hydrogens (tertiary/aromatic N) is 2. The Balaban J connectivity index is 1.35. The number of nitrogens with one attached hydrogen (secondary N) is 1. The second-order valence-electron chi connectivity index (χ2n) is 9.13. The molecule has 1 saturated heterocycles. The monoisotopic (exact) mass is 425 g/mol. The van der Waals surface area contributed by atoms with Crippen LogP contribution in [0, 0.1) is 5.92 Å². The molecule has 2 heterocycles. The lowest BCUT2D eigenvalue weighted by molar-refractivity contribution is -0.135. The number of aromatic nitrogens is 1. The Kier molecular flexibility index (Phi) is 6.07. The third kappa shape index (κ3) is 4.35. The molecule has 0 radical (unpaired) electrons. The van der Waals surface area contributed by atoms with Crippen LogP contribution in [0.1, 0.15) is 43.5 Å². The minimum atomic E-state index is -0.742. The van der Waals surface area contributed by atoms with Crippen molar-refractivity contribution in [3.63, 3.8) is 0 Å². The van der Waals surface area contributed by atoms with Gasteiger partial charge in [0.15, 0.2) is 0 Å². The summed E-state index contributed by atoms with van der Waals surface area (Å²) >= 11 is -0.742. The number of hydrogen-bond acceptors (Lipinski definition) is 4.